The van der Waals surface area contributed by atoms with E-state index in [2.05, 4.69) is 40.0 Å². The van der Waals surface area contributed by atoms with Crippen molar-refractivity contribution in [3.05, 3.63) is 47.1 Å². The lowest BCUT2D eigenvalue weighted by Gasteiger charge is -2.11. The maximum absolute atomic E-state index is 12.7. The van der Waals surface area contributed by atoms with Gasteiger partial charge in [0.15, 0.2) is 0 Å². The van der Waals surface area contributed by atoms with Gasteiger partial charge >= 0.3 is 5.69 Å². The summed E-state index contributed by atoms with van der Waals surface area (Å²) in [5.74, 6) is 0.307. The molecule has 0 aliphatic heterocycles. The molecule has 0 fully saturated rings. The van der Waals surface area contributed by atoms with E-state index in [1.165, 1.54) is 23.0 Å². The Kier molecular flexibility index (Phi) is 4.76. The molecule has 8 heteroatoms. The van der Waals surface area contributed by atoms with Crippen molar-refractivity contribution >= 4 is 37.5 Å². The molecule has 3 rings (SSSR count). The first-order chi connectivity index (χ1) is 11.7. The van der Waals surface area contributed by atoms with E-state index in [1.54, 1.807) is 4.57 Å². The Labute approximate surface area is 157 Å². The van der Waals surface area contributed by atoms with Gasteiger partial charge in [0.25, 0.3) is 5.56 Å². The van der Waals surface area contributed by atoms with Crippen LogP contribution in [0.15, 0.2) is 14.1 Å². The highest BCUT2D eigenvalue weighted by atomic mass is 79.9. The zero-order valence-corrected chi connectivity index (χ0v) is 17.3. The standard InChI is InChI=1S/C17H21BrN4O2S/c1-8(2)7-22-16-13(15(23)21(5)17(22)24)14(18)12(25-16)6-11-9(3)19-20-10(11)4/h8H,6-7H2,1-5H3,(H,19,20). The molecule has 0 aliphatic rings. The van der Waals surface area contributed by atoms with Gasteiger partial charge in [-0.3, -0.25) is 19.0 Å². The number of aromatic nitrogens is 4. The quantitative estimate of drug-likeness (QED) is 0.698. The Balaban J connectivity index is 2.27. The van der Waals surface area contributed by atoms with Crippen LogP contribution < -0.4 is 11.2 Å². The van der Waals surface area contributed by atoms with Gasteiger partial charge in [-0.1, -0.05) is 13.8 Å². The predicted octanol–water partition coefficient (Wildman–Crippen LogP) is 3.11. The lowest BCUT2D eigenvalue weighted by atomic mass is 10.1. The monoisotopic (exact) mass is 424 g/mol. The summed E-state index contributed by atoms with van der Waals surface area (Å²) in [5.41, 5.74) is 2.59. The van der Waals surface area contributed by atoms with Crippen LogP contribution in [0.25, 0.3) is 10.2 Å². The van der Waals surface area contributed by atoms with E-state index in [-0.39, 0.29) is 11.2 Å². The molecule has 0 bridgehead atoms. The largest absolute Gasteiger partial charge is 0.331 e. The molecule has 3 aromatic rings. The van der Waals surface area contributed by atoms with Gasteiger partial charge in [0.1, 0.15) is 4.83 Å². The van der Waals surface area contributed by atoms with Gasteiger partial charge in [-0.05, 0) is 35.7 Å². The summed E-state index contributed by atoms with van der Waals surface area (Å²) >= 11 is 5.11. The molecular weight excluding hydrogens is 404 g/mol. The maximum Gasteiger partial charge on any atom is 0.331 e. The van der Waals surface area contributed by atoms with E-state index in [1.807, 2.05) is 13.8 Å². The average Bonchev–Trinajstić information content (AvgIpc) is 3.04. The van der Waals surface area contributed by atoms with Crippen molar-refractivity contribution in [2.75, 3.05) is 0 Å². The van der Waals surface area contributed by atoms with Crippen LogP contribution in [0.1, 0.15) is 35.7 Å². The molecule has 0 saturated heterocycles. The summed E-state index contributed by atoms with van der Waals surface area (Å²) in [7, 11) is 1.54. The van der Waals surface area contributed by atoms with Crippen LogP contribution in [0.5, 0.6) is 0 Å². The summed E-state index contributed by atoms with van der Waals surface area (Å²) in [4.78, 5) is 27.0. The third-order valence-electron chi connectivity index (χ3n) is 4.35. The highest BCUT2D eigenvalue weighted by molar-refractivity contribution is 9.10. The number of fused-ring (bicyclic) bond motifs is 1. The van der Waals surface area contributed by atoms with Crippen molar-refractivity contribution in [3.63, 3.8) is 0 Å². The second-order valence-corrected chi connectivity index (χ2v) is 8.64. The molecule has 0 unspecified atom stereocenters. The molecule has 6 nitrogen and oxygen atoms in total. The zero-order valence-electron chi connectivity index (χ0n) is 14.9. The molecule has 0 saturated carbocycles. The number of halogens is 1. The van der Waals surface area contributed by atoms with Gasteiger partial charge < -0.3 is 0 Å². The first-order valence-electron chi connectivity index (χ1n) is 8.13. The lowest BCUT2D eigenvalue weighted by molar-refractivity contribution is 0.504. The van der Waals surface area contributed by atoms with Gasteiger partial charge in [0.05, 0.1) is 11.1 Å². The Hall–Kier alpha value is -1.67. The van der Waals surface area contributed by atoms with Gasteiger partial charge in [-0.25, -0.2) is 4.79 Å². The minimum absolute atomic E-state index is 0.255. The van der Waals surface area contributed by atoms with Crippen molar-refractivity contribution in [1.82, 2.24) is 19.3 Å². The molecule has 0 atom stereocenters. The normalized spacial score (nSPS) is 11.8. The minimum Gasteiger partial charge on any atom is -0.284 e. The average molecular weight is 425 g/mol. The number of aryl methyl sites for hydroxylation is 2. The first kappa shape index (κ1) is 18.1. The number of nitrogens with one attached hydrogen (secondary N) is 1. The number of nitrogens with zero attached hydrogens (tertiary/aromatic N) is 3. The van der Waals surface area contributed by atoms with Crippen molar-refractivity contribution in [2.24, 2.45) is 13.0 Å². The molecule has 0 spiro atoms. The van der Waals surface area contributed by atoms with E-state index >= 15 is 0 Å². The number of thiophene rings is 1. The summed E-state index contributed by atoms with van der Waals surface area (Å²) in [5, 5.41) is 7.82. The molecule has 0 radical (unpaired) electrons. The summed E-state index contributed by atoms with van der Waals surface area (Å²) < 4.78 is 3.70. The lowest BCUT2D eigenvalue weighted by Crippen LogP contribution is -2.38. The first-order valence-corrected chi connectivity index (χ1v) is 9.74. The van der Waals surface area contributed by atoms with Crippen molar-refractivity contribution in [2.45, 2.75) is 40.7 Å². The molecule has 3 heterocycles. The third kappa shape index (κ3) is 3.01. The second kappa shape index (κ2) is 6.57. The van der Waals surface area contributed by atoms with Crippen LogP contribution in [-0.4, -0.2) is 19.3 Å². The number of hydrogen-bond acceptors (Lipinski definition) is 4. The van der Waals surface area contributed by atoms with Gasteiger partial charge in [-0.2, -0.15) is 5.10 Å². The smallest absolute Gasteiger partial charge is 0.284 e. The van der Waals surface area contributed by atoms with Crippen LogP contribution in [0.3, 0.4) is 0 Å². The highest BCUT2D eigenvalue weighted by Crippen LogP contribution is 2.35. The Bertz CT molecular complexity index is 1050. The van der Waals surface area contributed by atoms with Crippen molar-refractivity contribution < 1.29 is 0 Å². The molecule has 1 N–H and O–H groups in total. The fourth-order valence-electron chi connectivity index (χ4n) is 2.98. The van der Waals surface area contributed by atoms with Gasteiger partial charge in [-0.15, -0.1) is 11.3 Å². The van der Waals surface area contributed by atoms with E-state index in [0.29, 0.717) is 24.3 Å². The Morgan fingerprint density at radius 2 is 1.96 bits per heavy atom. The third-order valence-corrected chi connectivity index (χ3v) is 6.70. The zero-order chi connectivity index (χ0) is 18.5. The summed E-state index contributed by atoms with van der Waals surface area (Å²) in [6.45, 7) is 8.66. The SMILES string of the molecule is Cc1n[nH]c(C)c1Cc1sc2c(c1Br)c(=O)n(C)c(=O)n2CC(C)C. The fourth-order valence-corrected chi connectivity index (χ4v) is 5.05. The summed E-state index contributed by atoms with van der Waals surface area (Å²) in [6.07, 6.45) is 0.674. The van der Waals surface area contributed by atoms with Crippen LogP contribution >= 0.6 is 27.3 Å². The summed E-state index contributed by atoms with van der Waals surface area (Å²) in [6, 6.07) is 0. The molecular formula is C17H21BrN4O2S. The van der Waals surface area contributed by atoms with E-state index in [9.17, 15) is 9.59 Å². The molecule has 0 amide bonds. The Morgan fingerprint density at radius 3 is 2.52 bits per heavy atom. The fraction of sp³-hybridized carbons (Fsp3) is 0.471. The van der Waals surface area contributed by atoms with Crippen molar-refractivity contribution in [3.8, 4) is 0 Å². The van der Waals surface area contributed by atoms with Crippen LogP contribution in [0.4, 0.5) is 0 Å². The number of H-pyrrole nitrogens is 1. The predicted molar refractivity (Wildman–Crippen MR) is 105 cm³/mol. The molecule has 0 aromatic carbocycles. The van der Waals surface area contributed by atoms with Crippen molar-refractivity contribution in [1.29, 1.82) is 0 Å². The van der Waals surface area contributed by atoms with E-state index in [0.717, 1.165) is 31.1 Å². The highest BCUT2D eigenvalue weighted by Gasteiger charge is 2.21. The van der Waals surface area contributed by atoms with Gasteiger partial charge in [0, 0.05) is 40.6 Å². The van der Waals surface area contributed by atoms with Gasteiger partial charge in [0.2, 0.25) is 0 Å². The maximum atomic E-state index is 12.7. The van der Waals surface area contributed by atoms with Crippen LogP contribution in [0.2, 0.25) is 0 Å². The number of hydrogen-bond donors (Lipinski definition) is 1. The minimum atomic E-state index is -0.262. The number of rotatable bonds is 4. The van der Waals surface area contributed by atoms with Crippen LogP contribution in [-0.2, 0) is 20.0 Å². The topological polar surface area (TPSA) is 72.7 Å². The second-order valence-electron chi connectivity index (χ2n) is 6.76. The molecule has 3 aromatic heterocycles. The molecule has 0 aliphatic carbocycles. The Morgan fingerprint density at radius 1 is 1.28 bits per heavy atom. The van der Waals surface area contributed by atoms with Crippen LogP contribution in [0, 0.1) is 19.8 Å². The van der Waals surface area contributed by atoms with E-state index in [4.69, 9.17) is 0 Å². The van der Waals surface area contributed by atoms with E-state index < -0.39 is 0 Å². The number of aromatic amines is 1. The molecule has 25 heavy (non-hydrogen) atoms. The molecule has 134 valence electrons.